The molecule has 0 aliphatic rings. The molecule has 0 fully saturated rings. The highest BCUT2D eigenvalue weighted by molar-refractivity contribution is 5.87. The Morgan fingerprint density at radius 1 is 1.29 bits per heavy atom. The molecule has 6 nitrogen and oxygen atoms in total. The minimum absolute atomic E-state index is 0.180. The zero-order valence-electron chi connectivity index (χ0n) is 9.72. The molecule has 0 aliphatic carbocycles. The summed E-state index contributed by atoms with van der Waals surface area (Å²) in [5.41, 5.74) is 5.64. The van der Waals surface area contributed by atoms with E-state index in [-0.39, 0.29) is 18.1 Å². The van der Waals surface area contributed by atoms with E-state index in [9.17, 15) is 4.79 Å². The van der Waals surface area contributed by atoms with Crippen molar-refractivity contribution in [2.75, 3.05) is 39.3 Å². The van der Waals surface area contributed by atoms with Crippen LogP contribution in [0, 0.1) is 0 Å². The number of rotatable bonds is 7. The third kappa shape index (κ3) is 5.28. The van der Waals surface area contributed by atoms with Gasteiger partial charge in [-0.05, 0) is 12.1 Å². The maximum absolute atomic E-state index is 11.5. The molecular formula is C11H16N2O4. The van der Waals surface area contributed by atoms with Crippen LogP contribution in [0.3, 0.4) is 0 Å². The Labute approximate surface area is 99.7 Å². The maximum atomic E-state index is 11.5. The summed E-state index contributed by atoms with van der Waals surface area (Å²) in [4.78, 5) is 15.3. The number of ether oxygens (including phenoxy) is 3. The SMILES string of the molecule is COCCOCCOC(=O)c1cccc(N)n1. The summed E-state index contributed by atoms with van der Waals surface area (Å²) in [5, 5.41) is 0. The number of nitrogens with two attached hydrogens (primary N) is 1. The van der Waals surface area contributed by atoms with Crippen molar-refractivity contribution in [2.24, 2.45) is 0 Å². The Bertz CT molecular complexity index is 357. The van der Waals surface area contributed by atoms with Gasteiger partial charge in [0.05, 0.1) is 19.8 Å². The Balaban J connectivity index is 2.21. The van der Waals surface area contributed by atoms with Crippen LogP contribution in [0.25, 0.3) is 0 Å². The molecule has 94 valence electrons. The van der Waals surface area contributed by atoms with Gasteiger partial charge in [0.1, 0.15) is 12.4 Å². The second kappa shape index (κ2) is 7.59. The molecule has 0 spiro atoms. The molecule has 1 rings (SSSR count). The van der Waals surface area contributed by atoms with Gasteiger partial charge >= 0.3 is 5.97 Å². The average molecular weight is 240 g/mol. The van der Waals surface area contributed by atoms with E-state index in [0.717, 1.165) is 0 Å². The van der Waals surface area contributed by atoms with E-state index in [2.05, 4.69) is 4.98 Å². The normalized spacial score (nSPS) is 10.2. The van der Waals surface area contributed by atoms with Crippen molar-refractivity contribution in [3.05, 3.63) is 23.9 Å². The molecule has 0 atom stereocenters. The van der Waals surface area contributed by atoms with Gasteiger partial charge in [-0.3, -0.25) is 0 Å². The Morgan fingerprint density at radius 3 is 2.76 bits per heavy atom. The standard InChI is InChI=1S/C11H16N2O4/c1-15-5-6-16-7-8-17-11(14)9-3-2-4-10(12)13-9/h2-4H,5-8H2,1H3,(H2,12,13). The number of nitrogens with zero attached hydrogens (tertiary/aromatic N) is 1. The minimum atomic E-state index is -0.507. The van der Waals surface area contributed by atoms with Gasteiger partial charge in [0.2, 0.25) is 0 Å². The molecule has 0 saturated carbocycles. The highest BCUT2D eigenvalue weighted by atomic mass is 16.6. The number of anilines is 1. The first-order valence-corrected chi connectivity index (χ1v) is 5.20. The average Bonchev–Trinajstić information content (AvgIpc) is 2.33. The lowest BCUT2D eigenvalue weighted by molar-refractivity contribution is 0.0209. The summed E-state index contributed by atoms with van der Waals surface area (Å²) >= 11 is 0. The first kappa shape index (κ1) is 13.4. The summed E-state index contributed by atoms with van der Waals surface area (Å²) in [5.74, 6) is -0.219. The van der Waals surface area contributed by atoms with Crippen LogP contribution in [0.2, 0.25) is 0 Å². The summed E-state index contributed by atoms with van der Waals surface area (Å²) in [6.45, 7) is 1.51. The monoisotopic (exact) mass is 240 g/mol. The molecule has 6 heteroatoms. The fraction of sp³-hybridized carbons (Fsp3) is 0.455. The molecule has 1 aromatic heterocycles. The highest BCUT2D eigenvalue weighted by Gasteiger charge is 2.08. The molecular weight excluding hydrogens is 224 g/mol. The Hall–Kier alpha value is -1.66. The van der Waals surface area contributed by atoms with Crippen LogP contribution in [0.5, 0.6) is 0 Å². The lowest BCUT2D eigenvalue weighted by Crippen LogP contribution is -2.14. The molecule has 0 radical (unpaired) electrons. The van der Waals surface area contributed by atoms with E-state index in [1.807, 2.05) is 0 Å². The fourth-order valence-electron chi connectivity index (χ4n) is 1.08. The number of esters is 1. The van der Waals surface area contributed by atoms with Crippen LogP contribution in [-0.2, 0) is 14.2 Å². The summed E-state index contributed by atoms with van der Waals surface area (Å²) in [6.07, 6.45) is 0. The van der Waals surface area contributed by atoms with Gasteiger partial charge in [0, 0.05) is 7.11 Å². The molecule has 0 bridgehead atoms. The zero-order chi connectivity index (χ0) is 12.5. The first-order chi connectivity index (χ1) is 8.24. The van der Waals surface area contributed by atoms with Crippen molar-refractivity contribution >= 4 is 11.8 Å². The smallest absolute Gasteiger partial charge is 0.357 e. The fourth-order valence-corrected chi connectivity index (χ4v) is 1.08. The highest BCUT2D eigenvalue weighted by Crippen LogP contribution is 2.02. The van der Waals surface area contributed by atoms with Gasteiger partial charge < -0.3 is 19.9 Å². The van der Waals surface area contributed by atoms with Crippen LogP contribution >= 0.6 is 0 Å². The number of carbonyl (C=O) groups excluding carboxylic acids is 1. The van der Waals surface area contributed by atoms with Crippen molar-refractivity contribution in [3.63, 3.8) is 0 Å². The van der Waals surface area contributed by atoms with E-state index in [4.69, 9.17) is 19.9 Å². The number of methoxy groups -OCH3 is 1. The van der Waals surface area contributed by atoms with Crippen LogP contribution in [0.4, 0.5) is 5.82 Å². The second-order valence-electron chi connectivity index (χ2n) is 3.19. The molecule has 2 N–H and O–H groups in total. The number of pyridine rings is 1. The first-order valence-electron chi connectivity index (χ1n) is 5.20. The van der Waals surface area contributed by atoms with Gasteiger partial charge in [-0.25, -0.2) is 9.78 Å². The van der Waals surface area contributed by atoms with Crippen LogP contribution in [0.1, 0.15) is 10.5 Å². The predicted octanol–water partition coefficient (Wildman–Crippen LogP) is 0.484. The number of aromatic nitrogens is 1. The van der Waals surface area contributed by atoms with Gasteiger partial charge in [0.15, 0.2) is 5.69 Å². The molecule has 0 amide bonds. The molecule has 1 aromatic rings. The van der Waals surface area contributed by atoms with Crippen LogP contribution < -0.4 is 5.73 Å². The summed E-state index contributed by atoms with van der Waals surface area (Å²) < 4.78 is 14.9. The predicted molar refractivity (Wildman–Crippen MR) is 61.6 cm³/mol. The van der Waals surface area contributed by atoms with Gasteiger partial charge in [-0.1, -0.05) is 6.07 Å². The maximum Gasteiger partial charge on any atom is 0.357 e. The molecule has 0 unspecified atom stereocenters. The largest absolute Gasteiger partial charge is 0.459 e. The van der Waals surface area contributed by atoms with Crippen molar-refractivity contribution < 1.29 is 19.0 Å². The topological polar surface area (TPSA) is 83.7 Å². The molecule has 0 aromatic carbocycles. The number of hydrogen-bond acceptors (Lipinski definition) is 6. The molecule has 0 saturated heterocycles. The second-order valence-corrected chi connectivity index (χ2v) is 3.19. The van der Waals surface area contributed by atoms with Gasteiger partial charge in [-0.2, -0.15) is 0 Å². The third-order valence-corrected chi connectivity index (χ3v) is 1.87. The number of nitrogen functional groups attached to an aromatic ring is 1. The van der Waals surface area contributed by atoms with Crippen molar-refractivity contribution in [2.45, 2.75) is 0 Å². The van der Waals surface area contributed by atoms with Gasteiger partial charge in [0.25, 0.3) is 0 Å². The molecule has 0 aliphatic heterocycles. The minimum Gasteiger partial charge on any atom is -0.459 e. The lowest BCUT2D eigenvalue weighted by Gasteiger charge is -2.05. The molecule has 1 heterocycles. The lowest BCUT2D eigenvalue weighted by atomic mass is 10.3. The number of hydrogen-bond donors (Lipinski definition) is 1. The van der Waals surface area contributed by atoms with Crippen LogP contribution in [-0.4, -0.2) is 44.5 Å². The summed E-state index contributed by atoms with van der Waals surface area (Å²) in [6, 6.07) is 4.79. The Kier molecular flexibility index (Phi) is 5.98. The van der Waals surface area contributed by atoms with E-state index >= 15 is 0 Å². The van der Waals surface area contributed by atoms with E-state index in [0.29, 0.717) is 19.8 Å². The van der Waals surface area contributed by atoms with E-state index in [1.165, 1.54) is 0 Å². The van der Waals surface area contributed by atoms with Crippen molar-refractivity contribution in [3.8, 4) is 0 Å². The molecule has 17 heavy (non-hydrogen) atoms. The van der Waals surface area contributed by atoms with E-state index in [1.54, 1.807) is 25.3 Å². The van der Waals surface area contributed by atoms with Crippen LogP contribution in [0.15, 0.2) is 18.2 Å². The Morgan fingerprint density at radius 2 is 2.06 bits per heavy atom. The van der Waals surface area contributed by atoms with Gasteiger partial charge in [-0.15, -0.1) is 0 Å². The van der Waals surface area contributed by atoms with Crippen molar-refractivity contribution in [1.29, 1.82) is 0 Å². The quantitative estimate of drug-likeness (QED) is 0.551. The zero-order valence-corrected chi connectivity index (χ0v) is 9.72. The third-order valence-electron chi connectivity index (χ3n) is 1.87. The number of carbonyl (C=O) groups is 1. The van der Waals surface area contributed by atoms with Crippen molar-refractivity contribution in [1.82, 2.24) is 4.98 Å². The summed E-state index contributed by atoms with van der Waals surface area (Å²) in [7, 11) is 1.59. The van der Waals surface area contributed by atoms with E-state index < -0.39 is 5.97 Å².